The number of aromatic nitrogens is 1. The Morgan fingerprint density at radius 3 is 2.71 bits per heavy atom. The predicted octanol–water partition coefficient (Wildman–Crippen LogP) is 5.38. The van der Waals surface area contributed by atoms with Crippen molar-refractivity contribution in [2.75, 3.05) is 5.32 Å². The van der Waals surface area contributed by atoms with Crippen LogP contribution in [0.15, 0.2) is 45.4 Å². The van der Waals surface area contributed by atoms with Gasteiger partial charge in [0.1, 0.15) is 17.3 Å². The number of anilines is 1. The molecule has 0 aliphatic rings. The van der Waals surface area contributed by atoms with Crippen LogP contribution in [0, 0.1) is 13.8 Å². The lowest BCUT2D eigenvalue weighted by Gasteiger charge is -2.15. The summed E-state index contributed by atoms with van der Waals surface area (Å²) in [6.07, 6.45) is 1.83. The third-order valence-electron chi connectivity index (χ3n) is 3.65. The van der Waals surface area contributed by atoms with E-state index in [9.17, 15) is 0 Å². The number of aryl methyl sites for hydroxylation is 2. The van der Waals surface area contributed by atoms with Gasteiger partial charge in [-0.1, -0.05) is 28.1 Å². The maximum atomic E-state index is 5.61. The van der Waals surface area contributed by atoms with Crippen LogP contribution in [0.3, 0.4) is 0 Å². The SMILES string of the molecule is Cc1cc(C(C)Nc2nccc3c(Br)cccc23)c(C)o1. The summed E-state index contributed by atoms with van der Waals surface area (Å²) in [6, 6.07) is 10.4. The normalized spacial score (nSPS) is 12.6. The molecular formula is C17H17BrN2O. The second-order valence-electron chi connectivity index (χ2n) is 5.23. The van der Waals surface area contributed by atoms with Gasteiger partial charge in [-0.2, -0.15) is 0 Å². The third kappa shape index (κ3) is 2.68. The largest absolute Gasteiger partial charge is 0.466 e. The first-order chi connectivity index (χ1) is 10.1. The Morgan fingerprint density at radius 1 is 1.19 bits per heavy atom. The molecule has 1 N–H and O–H groups in total. The van der Waals surface area contributed by atoms with Crippen LogP contribution in [-0.4, -0.2) is 4.98 Å². The highest BCUT2D eigenvalue weighted by atomic mass is 79.9. The quantitative estimate of drug-likeness (QED) is 0.692. The van der Waals surface area contributed by atoms with Crippen LogP contribution < -0.4 is 5.32 Å². The molecule has 108 valence electrons. The van der Waals surface area contributed by atoms with E-state index in [1.54, 1.807) is 0 Å². The maximum absolute atomic E-state index is 5.61. The van der Waals surface area contributed by atoms with Gasteiger partial charge in [0.15, 0.2) is 0 Å². The van der Waals surface area contributed by atoms with E-state index in [1.807, 2.05) is 38.2 Å². The topological polar surface area (TPSA) is 38.1 Å². The molecule has 0 radical (unpaired) electrons. The highest BCUT2D eigenvalue weighted by Crippen LogP contribution is 2.30. The summed E-state index contributed by atoms with van der Waals surface area (Å²) >= 11 is 3.59. The summed E-state index contributed by atoms with van der Waals surface area (Å²) in [7, 11) is 0. The van der Waals surface area contributed by atoms with Crippen molar-refractivity contribution >= 4 is 32.5 Å². The smallest absolute Gasteiger partial charge is 0.134 e. The average molecular weight is 345 g/mol. The molecule has 3 nitrogen and oxygen atoms in total. The Hall–Kier alpha value is -1.81. The lowest BCUT2D eigenvalue weighted by atomic mass is 10.1. The molecule has 0 saturated heterocycles. The maximum Gasteiger partial charge on any atom is 0.134 e. The Balaban J connectivity index is 1.98. The molecule has 2 aromatic heterocycles. The van der Waals surface area contributed by atoms with Gasteiger partial charge in [0.25, 0.3) is 0 Å². The average Bonchev–Trinajstić information content (AvgIpc) is 2.79. The summed E-state index contributed by atoms with van der Waals surface area (Å²) < 4.78 is 6.69. The first-order valence-corrected chi connectivity index (χ1v) is 7.72. The second kappa shape index (κ2) is 5.53. The van der Waals surface area contributed by atoms with Crippen LogP contribution in [-0.2, 0) is 0 Å². The summed E-state index contributed by atoms with van der Waals surface area (Å²) in [5, 5.41) is 5.75. The van der Waals surface area contributed by atoms with Gasteiger partial charge in [0, 0.05) is 27.0 Å². The summed E-state index contributed by atoms with van der Waals surface area (Å²) in [5.74, 6) is 2.78. The number of nitrogens with one attached hydrogen (secondary N) is 1. The van der Waals surface area contributed by atoms with Crippen molar-refractivity contribution in [2.24, 2.45) is 0 Å². The fourth-order valence-corrected chi connectivity index (χ4v) is 3.15. The van der Waals surface area contributed by atoms with E-state index in [0.29, 0.717) is 0 Å². The van der Waals surface area contributed by atoms with Gasteiger partial charge in [0.05, 0.1) is 6.04 Å². The van der Waals surface area contributed by atoms with Crippen molar-refractivity contribution < 1.29 is 4.42 Å². The first kappa shape index (κ1) is 14.1. The van der Waals surface area contributed by atoms with Crippen molar-refractivity contribution in [1.82, 2.24) is 4.98 Å². The lowest BCUT2D eigenvalue weighted by molar-refractivity contribution is 0.500. The van der Waals surface area contributed by atoms with E-state index in [4.69, 9.17) is 4.42 Å². The molecule has 2 heterocycles. The minimum absolute atomic E-state index is 0.138. The van der Waals surface area contributed by atoms with Crippen LogP contribution in [0.25, 0.3) is 10.8 Å². The molecule has 0 saturated carbocycles. The summed E-state index contributed by atoms with van der Waals surface area (Å²) in [6.45, 7) is 6.08. The van der Waals surface area contributed by atoms with Gasteiger partial charge in [-0.3, -0.25) is 0 Å². The zero-order chi connectivity index (χ0) is 15.0. The Labute approximate surface area is 132 Å². The van der Waals surface area contributed by atoms with E-state index in [2.05, 4.69) is 45.3 Å². The number of halogens is 1. The van der Waals surface area contributed by atoms with Crippen molar-refractivity contribution in [3.63, 3.8) is 0 Å². The fraction of sp³-hybridized carbons (Fsp3) is 0.235. The van der Waals surface area contributed by atoms with Crippen LogP contribution in [0.2, 0.25) is 0 Å². The van der Waals surface area contributed by atoms with Crippen LogP contribution in [0.4, 0.5) is 5.82 Å². The first-order valence-electron chi connectivity index (χ1n) is 6.93. The Kier molecular flexibility index (Phi) is 3.72. The van der Waals surface area contributed by atoms with Crippen LogP contribution in [0.1, 0.15) is 30.0 Å². The predicted molar refractivity (Wildman–Crippen MR) is 89.7 cm³/mol. The van der Waals surface area contributed by atoms with Crippen molar-refractivity contribution in [2.45, 2.75) is 26.8 Å². The van der Waals surface area contributed by atoms with Gasteiger partial charge < -0.3 is 9.73 Å². The molecule has 0 aliphatic heterocycles. The van der Waals surface area contributed by atoms with Gasteiger partial charge in [-0.05, 0) is 39.0 Å². The molecular weight excluding hydrogens is 328 g/mol. The molecule has 0 bridgehead atoms. The highest BCUT2D eigenvalue weighted by Gasteiger charge is 2.14. The molecule has 0 aliphatic carbocycles. The zero-order valence-electron chi connectivity index (χ0n) is 12.3. The number of hydrogen-bond donors (Lipinski definition) is 1. The minimum atomic E-state index is 0.138. The third-order valence-corrected chi connectivity index (χ3v) is 4.34. The van der Waals surface area contributed by atoms with E-state index in [0.717, 1.165) is 32.6 Å². The van der Waals surface area contributed by atoms with Gasteiger partial charge >= 0.3 is 0 Å². The van der Waals surface area contributed by atoms with E-state index < -0.39 is 0 Å². The monoisotopic (exact) mass is 344 g/mol. The highest BCUT2D eigenvalue weighted by molar-refractivity contribution is 9.10. The lowest BCUT2D eigenvalue weighted by Crippen LogP contribution is -2.08. The Bertz CT molecular complexity index is 795. The van der Waals surface area contributed by atoms with Crippen LogP contribution >= 0.6 is 15.9 Å². The molecule has 1 unspecified atom stereocenters. The van der Waals surface area contributed by atoms with Gasteiger partial charge in [0.2, 0.25) is 0 Å². The number of benzene rings is 1. The number of rotatable bonds is 3. The fourth-order valence-electron chi connectivity index (χ4n) is 2.65. The number of pyridine rings is 1. The van der Waals surface area contributed by atoms with Gasteiger partial charge in [-0.15, -0.1) is 0 Å². The molecule has 3 rings (SSSR count). The summed E-state index contributed by atoms with van der Waals surface area (Å²) in [4.78, 5) is 4.49. The molecule has 0 amide bonds. The molecule has 21 heavy (non-hydrogen) atoms. The van der Waals surface area contributed by atoms with E-state index >= 15 is 0 Å². The molecule has 1 aromatic carbocycles. The van der Waals surface area contributed by atoms with Crippen molar-refractivity contribution in [3.05, 3.63) is 58.1 Å². The standard InChI is InChI=1S/C17H17BrN2O/c1-10-9-15(12(3)21-10)11(2)20-17-14-5-4-6-16(18)13(14)7-8-19-17/h4-9,11H,1-3H3,(H,19,20). The molecule has 0 spiro atoms. The van der Waals surface area contributed by atoms with Crippen molar-refractivity contribution in [1.29, 1.82) is 0 Å². The summed E-state index contributed by atoms with van der Waals surface area (Å²) in [5.41, 5.74) is 1.17. The minimum Gasteiger partial charge on any atom is -0.466 e. The Morgan fingerprint density at radius 2 is 2.00 bits per heavy atom. The van der Waals surface area contributed by atoms with E-state index in [-0.39, 0.29) is 6.04 Å². The van der Waals surface area contributed by atoms with E-state index in [1.165, 1.54) is 5.56 Å². The number of hydrogen-bond acceptors (Lipinski definition) is 3. The molecule has 4 heteroatoms. The number of furan rings is 1. The molecule has 1 atom stereocenters. The van der Waals surface area contributed by atoms with Crippen LogP contribution in [0.5, 0.6) is 0 Å². The zero-order valence-corrected chi connectivity index (χ0v) is 13.9. The van der Waals surface area contributed by atoms with Gasteiger partial charge in [-0.25, -0.2) is 4.98 Å². The molecule has 0 fully saturated rings. The number of fused-ring (bicyclic) bond motifs is 1. The van der Waals surface area contributed by atoms with Crippen molar-refractivity contribution in [3.8, 4) is 0 Å². The molecule has 3 aromatic rings. The number of nitrogens with zero attached hydrogens (tertiary/aromatic N) is 1. The second-order valence-corrected chi connectivity index (χ2v) is 6.08.